The molecule has 0 saturated heterocycles. The lowest BCUT2D eigenvalue weighted by Gasteiger charge is -1.96. The lowest BCUT2D eigenvalue weighted by Crippen LogP contribution is -2.03. The molecule has 5 heteroatoms. The first-order valence-electron chi connectivity index (χ1n) is 2.91. The molecule has 1 aromatic rings. The van der Waals surface area contributed by atoms with E-state index in [0.29, 0.717) is 0 Å². The van der Waals surface area contributed by atoms with Crippen molar-refractivity contribution in [2.45, 2.75) is 0 Å². The van der Waals surface area contributed by atoms with Crippen molar-refractivity contribution in [2.75, 3.05) is 12.8 Å². The highest BCUT2D eigenvalue weighted by Crippen LogP contribution is 2.22. The van der Waals surface area contributed by atoms with E-state index in [4.69, 9.17) is 10.8 Å². The SMILES string of the molecule is COC(=O)c1c(O)c[nH]c1N. The number of H-pyrrole nitrogens is 1. The van der Waals surface area contributed by atoms with Gasteiger partial charge in [0.15, 0.2) is 0 Å². The van der Waals surface area contributed by atoms with Crippen molar-refractivity contribution in [2.24, 2.45) is 0 Å². The van der Waals surface area contributed by atoms with E-state index in [9.17, 15) is 4.79 Å². The predicted octanol–water partition coefficient (Wildman–Crippen LogP) is 0.0891. The summed E-state index contributed by atoms with van der Waals surface area (Å²) < 4.78 is 4.36. The van der Waals surface area contributed by atoms with Crippen LogP contribution in [0.4, 0.5) is 5.82 Å². The Kier molecular flexibility index (Phi) is 1.72. The van der Waals surface area contributed by atoms with Gasteiger partial charge in [-0.1, -0.05) is 0 Å². The maximum atomic E-state index is 10.8. The van der Waals surface area contributed by atoms with E-state index in [-0.39, 0.29) is 17.1 Å². The third kappa shape index (κ3) is 1.12. The van der Waals surface area contributed by atoms with Crippen molar-refractivity contribution in [3.63, 3.8) is 0 Å². The number of nitrogen functional groups attached to an aromatic ring is 1. The molecule has 0 unspecified atom stereocenters. The van der Waals surface area contributed by atoms with Crippen LogP contribution in [0.3, 0.4) is 0 Å². The number of nitrogens with two attached hydrogens (primary N) is 1. The third-order valence-electron chi connectivity index (χ3n) is 1.28. The molecule has 0 spiro atoms. The number of carbonyl (C=O) groups excluding carboxylic acids is 1. The Hall–Kier alpha value is -1.65. The number of esters is 1. The van der Waals surface area contributed by atoms with Gasteiger partial charge in [0.1, 0.15) is 17.1 Å². The molecule has 0 aliphatic carbocycles. The van der Waals surface area contributed by atoms with Gasteiger partial charge in [-0.2, -0.15) is 0 Å². The molecular formula is C6H8N2O3. The van der Waals surface area contributed by atoms with E-state index in [0.717, 1.165) is 0 Å². The van der Waals surface area contributed by atoms with Crippen LogP contribution in [0.1, 0.15) is 10.4 Å². The van der Waals surface area contributed by atoms with E-state index in [2.05, 4.69) is 9.72 Å². The zero-order valence-electron chi connectivity index (χ0n) is 5.92. The average molecular weight is 156 g/mol. The number of methoxy groups -OCH3 is 1. The van der Waals surface area contributed by atoms with Gasteiger partial charge in [0.2, 0.25) is 0 Å². The quantitative estimate of drug-likeness (QED) is 0.503. The van der Waals surface area contributed by atoms with E-state index in [1.165, 1.54) is 13.3 Å². The maximum absolute atomic E-state index is 10.8. The molecule has 1 aromatic heterocycles. The number of nitrogens with one attached hydrogen (secondary N) is 1. The second kappa shape index (κ2) is 2.53. The lowest BCUT2D eigenvalue weighted by atomic mass is 10.3. The van der Waals surface area contributed by atoms with Gasteiger partial charge < -0.3 is 20.6 Å². The summed E-state index contributed by atoms with van der Waals surface area (Å²) >= 11 is 0. The Balaban J connectivity index is 3.10. The summed E-state index contributed by atoms with van der Waals surface area (Å²) in [4.78, 5) is 13.3. The number of aromatic nitrogens is 1. The highest BCUT2D eigenvalue weighted by molar-refractivity contribution is 5.97. The second-order valence-corrected chi connectivity index (χ2v) is 1.95. The van der Waals surface area contributed by atoms with E-state index in [1.54, 1.807) is 0 Å². The minimum atomic E-state index is -0.652. The topological polar surface area (TPSA) is 88.3 Å². The van der Waals surface area contributed by atoms with E-state index in [1.807, 2.05) is 0 Å². The molecule has 0 atom stereocenters. The minimum absolute atomic E-state index is 0.0208. The molecular weight excluding hydrogens is 148 g/mol. The average Bonchev–Trinajstić information content (AvgIpc) is 2.30. The van der Waals surface area contributed by atoms with E-state index < -0.39 is 5.97 Å². The van der Waals surface area contributed by atoms with Crippen LogP contribution in [0.25, 0.3) is 0 Å². The molecule has 0 saturated carbocycles. The molecule has 0 radical (unpaired) electrons. The number of aromatic hydroxyl groups is 1. The molecule has 0 aliphatic heterocycles. The zero-order chi connectivity index (χ0) is 8.43. The summed E-state index contributed by atoms with van der Waals surface area (Å²) in [6.07, 6.45) is 1.22. The number of ether oxygens (including phenoxy) is 1. The molecule has 0 aromatic carbocycles. The van der Waals surface area contributed by atoms with Crippen LogP contribution in [0.15, 0.2) is 6.20 Å². The van der Waals surface area contributed by atoms with Crippen LogP contribution in [0.5, 0.6) is 5.75 Å². The Morgan fingerprint density at radius 3 is 2.82 bits per heavy atom. The van der Waals surface area contributed by atoms with Crippen LogP contribution < -0.4 is 5.73 Å². The number of aromatic amines is 1. The lowest BCUT2D eigenvalue weighted by molar-refractivity contribution is 0.0599. The fraction of sp³-hybridized carbons (Fsp3) is 0.167. The molecule has 60 valence electrons. The Bertz CT molecular complexity index is 260. The van der Waals surface area contributed by atoms with Gasteiger partial charge in [0.25, 0.3) is 0 Å². The minimum Gasteiger partial charge on any atom is -0.505 e. The molecule has 5 nitrogen and oxygen atoms in total. The summed E-state index contributed by atoms with van der Waals surface area (Å²) in [5.74, 6) is -0.745. The van der Waals surface area contributed by atoms with Crippen molar-refractivity contribution in [3.05, 3.63) is 11.8 Å². The van der Waals surface area contributed by atoms with Crippen LogP contribution in [-0.4, -0.2) is 23.2 Å². The second-order valence-electron chi connectivity index (χ2n) is 1.95. The van der Waals surface area contributed by atoms with Crippen LogP contribution in [0.2, 0.25) is 0 Å². The normalized spacial score (nSPS) is 9.55. The molecule has 1 heterocycles. The van der Waals surface area contributed by atoms with Gasteiger partial charge >= 0.3 is 5.97 Å². The zero-order valence-corrected chi connectivity index (χ0v) is 5.92. The monoisotopic (exact) mass is 156 g/mol. The summed E-state index contributed by atoms with van der Waals surface area (Å²) in [6, 6.07) is 0. The highest BCUT2D eigenvalue weighted by atomic mass is 16.5. The molecule has 0 aliphatic rings. The predicted molar refractivity (Wildman–Crippen MR) is 38.2 cm³/mol. The van der Waals surface area contributed by atoms with Gasteiger partial charge in [-0.15, -0.1) is 0 Å². The molecule has 11 heavy (non-hydrogen) atoms. The number of rotatable bonds is 1. The molecule has 0 amide bonds. The fourth-order valence-electron chi connectivity index (χ4n) is 0.745. The van der Waals surface area contributed by atoms with Crippen molar-refractivity contribution in [3.8, 4) is 5.75 Å². The van der Waals surface area contributed by atoms with Crippen LogP contribution in [0, 0.1) is 0 Å². The largest absolute Gasteiger partial charge is 0.505 e. The van der Waals surface area contributed by atoms with Crippen molar-refractivity contribution in [1.82, 2.24) is 4.98 Å². The smallest absolute Gasteiger partial charge is 0.345 e. The first-order chi connectivity index (χ1) is 5.16. The molecule has 0 bridgehead atoms. The first-order valence-corrected chi connectivity index (χ1v) is 2.91. The van der Waals surface area contributed by atoms with Gasteiger partial charge in [0, 0.05) is 6.20 Å². The molecule has 1 rings (SSSR count). The Labute approximate surface area is 62.8 Å². The summed E-state index contributed by atoms with van der Waals surface area (Å²) in [5, 5.41) is 9.02. The number of anilines is 1. The third-order valence-corrected chi connectivity index (χ3v) is 1.28. The first kappa shape index (κ1) is 7.46. The van der Waals surface area contributed by atoms with Gasteiger partial charge in [0.05, 0.1) is 7.11 Å². The van der Waals surface area contributed by atoms with Crippen molar-refractivity contribution >= 4 is 11.8 Å². The number of hydrogen-bond acceptors (Lipinski definition) is 4. The number of hydrogen-bond donors (Lipinski definition) is 3. The molecule has 0 fully saturated rings. The van der Waals surface area contributed by atoms with Crippen LogP contribution in [-0.2, 0) is 4.74 Å². The van der Waals surface area contributed by atoms with Crippen molar-refractivity contribution in [1.29, 1.82) is 0 Å². The van der Waals surface area contributed by atoms with Gasteiger partial charge in [-0.05, 0) is 0 Å². The summed E-state index contributed by atoms with van der Waals surface area (Å²) in [6.45, 7) is 0. The summed E-state index contributed by atoms with van der Waals surface area (Å²) in [5.41, 5.74) is 5.28. The van der Waals surface area contributed by atoms with Gasteiger partial charge in [-0.25, -0.2) is 4.79 Å². The van der Waals surface area contributed by atoms with E-state index >= 15 is 0 Å². The Morgan fingerprint density at radius 2 is 2.45 bits per heavy atom. The maximum Gasteiger partial charge on any atom is 0.345 e. The van der Waals surface area contributed by atoms with Crippen LogP contribution >= 0.6 is 0 Å². The summed E-state index contributed by atoms with van der Waals surface area (Å²) in [7, 11) is 1.22. The van der Waals surface area contributed by atoms with Gasteiger partial charge in [-0.3, -0.25) is 0 Å². The highest BCUT2D eigenvalue weighted by Gasteiger charge is 2.16. The fourth-order valence-corrected chi connectivity index (χ4v) is 0.745. The molecule has 4 N–H and O–H groups in total. The van der Waals surface area contributed by atoms with Crippen molar-refractivity contribution < 1.29 is 14.6 Å². The Morgan fingerprint density at radius 1 is 1.82 bits per heavy atom. The standard InChI is InChI=1S/C6H8N2O3/c1-11-6(10)4-3(9)2-8-5(4)7/h2,8-9H,7H2,1H3. The number of carbonyl (C=O) groups is 1.